The second-order valence-electron chi connectivity index (χ2n) is 7.35. The second kappa shape index (κ2) is 9.82. The predicted octanol–water partition coefficient (Wildman–Crippen LogP) is 3.84. The van der Waals surface area contributed by atoms with E-state index in [4.69, 9.17) is 4.74 Å². The van der Waals surface area contributed by atoms with Gasteiger partial charge >= 0.3 is 0 Å². The summed E-state index contributed by atoms with van der Waals surface area (Å²) < 4.78 is 7.01. The van der Waals surface area contributed by atoms with Gasteiger partial charge in [0, 0.05) is 24.7 Å². The highest BCUT2D eigenvalue weighted by Crippen LogP contribution is 2.26. The largest absolute Gasteiger partial charge is 0.497 e. The molecule has 0 atom stereocenters. The fourth-order valence-electron chi connectivity index (χ4n) is 3.42. The molecule has 0 saturated carbocycles. The van der Waals surface area contributed by atoms with Crippen molar-refractivity contribution in [2.45, 2.75) is 6.54 Å². The first kappa shape index (κ1) is 21.8. The van der Waals surface area contributed by atoms with Gasteiger partial charge in [-0.05, 0) is 60.2 Å². The number of aromatic nitrogens is 2. The van der Waals surface area contributed by atoms with Gasteiger partial charge in [-0.2, -0.15) is 5.10 Å². The number of nitrogens with zero attached hydrogens (tertiary/aromatic N) is 2. The fourth-order valence-corrected chi connectivity index (χ4v) is 3.42. The first-order valence-corrected chi connectivity index (χ1v) is 10.5. The zero-order valence-corrected chi connectivity index (χ0v) is 18.4. The lowest BCUT2D eigenvalue weighted by molar-refractivity contribution is 0.0941. The van der Waals surface area contributed by atoms with Gasteiger partial charge in [-0.15, -0.1) is 0 Å². The molecule has 0 unspecified atom stereocenters. The highest BCUT2D eigenvalue weighted by atomic mass is 16.5. The Morgan fingerprint density at radius 1 is 0.909 bits per heavy atom. The molecule has 7 nitrogen and oxygen atoms in total. The van der Waals surface area contributed by atoms with Gasteiger partial charge in [-0.25, -0.2) is 4.68 Å². The predicted molar refractivity (Wildman–Crippen MR) is 127 cm³/mol. The van der Waals surface area contributed by atoms with Crippen molar-refractivity contribution >= 4 is 11.8 Å². The molecule has 1 aromatic heterocycles. The summed E-state index contributed by atoms with van der Waals surface area (Å²) in [5, 5.41) is 10.1. The van der Waals surface area contributed by atoms with Crippen molar-refractivity contribution in [2.75, 3.05) is 14.2 Å². The Bertz CT molecular complexity index is 1250. The van der Waals surface area contributed by atoms with E-state index < -0.39 is 0 Å². The molecule has 166 valence electrons. The second-order valence-corrected chi connectivity index (χ2v) is 7.35. The van der Waals surface area contributed by atoms with Gasteiger partial charge in [0.25, 0.3) is 11.8 Å². The van der Waals surface area contributed by atoms with E-state index in [1.54, 1.807) is 37.0 Å². The van der Waals surface area contributed by atoms with Crippen LogP contribution in [0.2, 0.25) is 0 Å². The van der Waals surface area contributed by atoms with E-state index in [1.165, 1.54) is 0 Å². The third-order valence-electron chi connectivity index (χ3n) is 5.22. The minimum absolute atomic E-state index is 0.150. The summed E-state index contributed by atoms with van der Waals surface area (Å²) >= 11 is 0. The molecule has 4 rings (SSSR count). The van der Waals surface area contributed by atoms with E-state index >= 15 is 0 Å². The van der Waals surface area contributed by atoms with E-state index in [0.717, 1.165) is 28.3 Å². The molecule has 0 aliphatic heterocycles. The van der Waals surface area contributed by atoms with Gasteiger partial charge in [0.05, 0.1) is 18.5 Å². The maximum Gasteiger partial charge on any atom is 0.272 e. The molecule has 33 heavy (non-hydrogen) atoms. The number of carbonyl (C=O) groups excluding carboxylic acids is 2. The molecule has 0 radical (unpaired) electrons. The van der Waals surface area contributed by atoms with Gasteiger partial charge in [0.15, 0.2) is 5.69 Å². The molecule has 2 N–H and O–H groups in total. The number of ether oxygens (including phenoxy) is 1. The van der Waals surface area contributed by atoms with Gasteiger partial charge in [0.2, 0.25) is 0 Å². The molecule has 0 aliphatic rings. The summed E-state index contributed by atoms with van der Waals surface area (Å²) in [4.78, 5) is 24.6. The van der Waals surface area contributed by atoms with Crippen LogP contribution in [0.4, 0.5) is 0 Å². The van der Waals surface area contributed by atoms with Crippen LogP contribution in [0.3, 0.4) is 0 Å². The van der Waals surface area contributed by atoms with E-state index in [1.807, 2.05) is 66.7 Å². The minimum Gasteiger partial charge on any atom is -0.497 e. The Kier molecular flexibility index (Phi) is 6.50. The smallest absolute Gasteiger partial charge is 0.272 e. The topological polar surface area (TPSA) is 85.3 Å². The molecule has 2 amide bonds. The molecule has 3 aromatic carbocycles. The Hall–Kier alpha value is -4.39. The monoisotopic (exact) mass is 440 g/mol. The van der Waals surface area contributed by atoms with Crippen LogP contribution < -0.4 is 15.4 Å². The number of rotatable bonds is 7. The Morgan fingerprint density at radius 3 is 2.24 bits per heavy atom. The molecule has 7 heteroatoms. The lowest BCUT2D eigenvalue weighted by Gasteiger charge is -2.08. The minimum atomic E-state index is -0.283. The first-order valence-electron chi connectivity index (χ1n) is 10.5. The van der Waals surface area contributed by atoms with Crippen LogP contribution in [-0.2, 0) is 6.54 Å². The molecule has 4 aromatic rings. The van der Waals surface area contributed by atoms with Crippen molar-refractivity contribution in [1.29, 1.82) is 0 Å². The van der Waals surface area contributed by atoms with Crippen molar-refractivity contribution in [2.24, 2.45) is 0 Å². The van der Waals surface area contributed by atoms with Crippen molar-refractivity contribution in [3.63, 3.8) is 0 Å². The SMILES string of the molecule is CNC(=O)c1ccc(CNC(=O)c2cc(-c3ccc(OC)cc3)n(-c3ccccc3)n2)cc1. The van der Waals surface area contributed by atoms with Crippen molar-refractivity contribution in [3.8, 4) is 22.7 Å². The summed E-state index contributed by atoms with van der Waals surface area (Å²) in [5.41, 5.74) is 4.32. The average molecular weight is 441 g/mol. The van der Waals surface area contributed by atoms with Crippen molar-refractivity contribution in [3.05, 3.63) is 102 Å². The number of hydrogen-bond donors (Lipinski definition) is 2. The number of methoxy groups -OCH3 is 1. The van der Waals surface area contributed by atoms with Gasteiger partial charge < -0.3 is 15.4 Å². The van der Waals surface area contributed by atoms with E-state index in [-0.39, 0.29) is 11.8 Å². The molecular weight excluding hydrogens is 416 g/mol. The molecule has 0 saturated heterocycles. The van der Waals surface area contributed by atoms with Gasteiger partial charge in [-0.3, -0.25) is 9.59 Å². The van der Waals surface area contributed by atoms with Crippen molar-refractivity contribution in [1.82, 2.24) is 20.4 Å². The molecule has 0 bridgehead atoms. The van der Waals surface area contributed by atoms with Crippen LogP contribution in [0.1, 0.15) is 26.4 Å². The number of nitrogens with one attached hydrogen (secondary N) is 2. The summed E-state index contributed by atoms with van der Waals surface area (Å²) in [6, 6.07) is 26.2. The number of carbonyl (C=O) groups is 2. The van der Waals surface area contributed by atoms with E-state index in [9.17, 15) is 9.59 Å². The normalized spacial score (nSPS) is 10.5. The van der Waals surface area contributed by atoms with Crippen LogP contribution in [0.25, 0.3) is 16.9 Å². The highest BCUT2D eigenvalue weighted by Gasteiger charge is 2.17. The Morgan fingerprint density at radius 2 is 1.61 bits per heavy atom. The number of benzene rings is 3. The lowest BCUT2D eigenvalue weighted by Crippen LogP contribution is -2.23. The summed E-state index contributed by atoms with van der Waals surface area (Å²) in [7, 11) is 3.21. The molecule has 0 fully saturated rings. The van der Waals surface area contributed by atoms with E-state index in [2.05, 4.69) is 15.7 Å². The lowest BCUT2D eigenvalue weighted by atomic mass is 10.1. The highest BCUT2D eigenvalue weighted by molar-refractivity contribution is 5.94. The maximum absolute atomic E-state index is 12.9. The Balaban J connectivity index is 1.57. The standard InChI is InChI=1S/C26H24N4O3/c1-27-25(31)20-10-8-18(9-11-20)17-28-26(32)23-16-24(19-12-14-22(33-2)15-13-19)30(29-23)21-6-4-3-5-7-21/h3-16H,17H2,1-2H3,(H,27,31)(H,28,32). The van der Waals surface area contributed by atoms with Gasteiger partial charge in [0.1, 0.15) is 5.75 Å². The van der Waals surface area contributed by atoms with Crippen LogP contribution >= 0.6 is 0 Å². The van der Waals surface area contributed by atoms with Gasteiger partial charge in [-0.1, -0.05) is 30.3 Å². The van der Waals surface area contributed by atoms with Crippen LogP contribution in [0, 0.1) is 0 Å². The third-order valence-corrected chi connectivity index (χ3v) is 5.22. The van der Waals surface area contributed by atoms with E-state index in [0.29, 0.717) is 17.8 Å². The van der Waals surface area contributed by atoms with Crippen LogP contribution in [0.5, 0.6) is 5.75 Å². The maximum atomic E-state index is 12.9. The zero-order valence-electron chi connectivity index (χ0n) is 18.4. The summed E-state index contributed by atoms with van der Waals surface area (Å²) in [6.45, 7) is 0.322. The average Bonchev–Trinajstić information content (AvgIpc) is 3.33. The zero-order chi connectivity index (χ0) is 23.2. The first-order chi connectivity index (χ1) is 16.1. The number of para-hydroxylation sites is 1. The fraction of sp³-hybridized carbons (Fsp3) is 0.115. The summed E-state index contributed by atoms with van der Waals surface area (Å²) in [6.07, 6.45) is 0. The van der Waals surface area contributed by atoms with Crippen LogP contribution in [-0.4, -0.2) is 35.8 Å². The number of amides is 2. The molecule has 0 spiro atoms. The molecule has 1 heterocycles. The number of hydrogen-bond acceptors (Lipinski definition) is 4. The summed E-state index contributed by atoms with van der Waals surface area (Å²) in [5.74, 6) is 0.322. The molecule has 0 aliphatic carbocycles. The van der Waals surface area contributed by atoms with Crippen LogP contribution in [0.15, 0.2) is 84.9 Å². The van der Waals surface area contributed by atoms with Crippen molar-refractivity contribution < 1.29 is 14.3 Å². The molecular formula is C26H24N4O3. The Labute approximate surface area is 192 Å². The quantitative estimate of drug-likeness (QED) is 0.457. The third kappa shape index (κ3) is 4.93.